The van der Waals surface area contributed by atoms with Crippen LogP contribution < -0.4 is 0 Å². The Bertz CT molecular complexity index is 522. The van der Waals surface area contributed by atoms with Crippen molar-refractivity contribution in [2.45, 2.75) is 18.0 Å². The molecule has 1 unspecified atom stereocenters. The Hall–Kier alpha value is -1.12. The molecule has 0 fully saturated rings. The molecule has 1 aliphatic rings. The second-order valence-electron chi connectivity index (χ2n) is 4.29. The van der Waals surface area contributed by atoms with E-state index in [1.165, 1.54) is 22.3 Å². The Labute approximate surface area is 110 Å². The van der Waals surface area contributed by atoms with Gasteiger partial charge in [0.25, 0.3) is 0 Å². The maximum absolute atomic E-state index is 5.44. The van der Waals surface area contributed by atoms with Gasteiger partial charge in [-0.1, -0.05) is 64.5 Å². The van der Waals surface area contributed by atoms with Gasteiger partial charge < -0.3 is 4.74 Å². The van der Waals surface area contributed by atoms with Crippen molar-refractivity contribution < 1.29 is 4.74 Å². The molecule has 0 bridgehead atoms. The standard InChI is InChI=1S/C15H13BrO/c16-15(11-4-2-1-3-5-11)12-6-7-13-9-17-10-14(13)8-12/h1-8,15H,9-10H2. The Balaban J connectivity index is 1.94. The molecule has 0 saturated heterocycles. The average Bonchev–Trinajstić information content (AvgIpc) is 2.86. The summed E-state index contributed by atoms with van der Waals surface area (Å²) < 4.78 is 5.44. The molecule has 2 aromatic carbocycles. The number of ether oxygens (including phenoxy) is 1. The molecule has 0 saturated carbocycles. The minimum absolute atomic E-state index is 0.259. The van der Waals surface area contributed by atoms with Crippen LogP contribution in [0.2, 0.25) is 0 Å². The highest BCUT2D eigenvalue weighted by Gasteiger charge is 2.15. The van der Waals surface area contributed by atoms with Crippen molar-refractivity contribution in [3.05, 3.63) is 70.8 Å². The third kappa shape index (κ3) is 2.15. The number of fused-ring (bicyclic) bond motifs is 1. The van der Waals surface area contributed by atoms with Gasteiger partial charge >= 0.3 is 0 Å². The summed E-state index contributed by atoms with van der Waals surface area (Å²) in [5.41, 5.74) is 5.22. The van der Waals surface area contributed by atoms with Crippen molar-refractivity contribution in [3.8, 4) is 0 Å². The molecule has 1 heterocycles. The Morgan fingerprint density at radius 2 is 1.65 bits per heavy atom. The first kappa shape index (κ1) is 11.0. The zero-order chi connectivity index (χ0) is 11.7. The molecule has 1 atom stereocenters. The van der Waals surface area contributed by atoms with Crippen molar-refractivity contribution in [1.82, 2.24) is 0 Å². The fourth-order valence-electron chi connectivity index (χ4n) is 2.16. The predicted octanol–water partition coefficient (Wildman–Crippen LogP) is 4.20. The zero-order valence-corrected chi connectivity index (χ0v) is 11.0. The molecule has 0 spiro atoms. The lowest BCUT2D eigenvalue weighted by molar-refractivity contribution is 0.134. The number of alkyl halides is 1. The maximum atomic E-state index is 5.44. The maximum Gasteiger partial charge on any atom is 0.0725 e. The lowest BCUT2D eigenvalue weighted by Crippen LogP contribution is -1.94. The fraction of sp³-hybridized carbons (Fsp3) is 0.200. The summed E-state index contributed by atoms with van der Waals surface area (Å²) in [5, 5.41) is 0. The summed E-state index contributed by atoms with van der Waals surface area (Å²) in [7, 11) is 0. The van der Waals surface area contributed by atoms with E-state index in [1.54, 1.807) is 0 Å². The Morgan fingerprint density at radius 1 is 0.882 bits per heavy atom. The van der Waals surface area contributed by atoms with E-state index in [9.17, 15) is 0 Å². The second-order valence-corrected chi connectivity index (χ2v) is 5.21. The van der Waals surface area contributed by atoms with Crippen LogP contribution in [0.4, 0.5) is 0 Å². The molecule has 1 nitrogen and oxygen atoms in total. The Kier molecular flexibility index (Phi) is 3.00. The lowest BCUT2D eigenvalue weighted by Gasteiger charge is -2.11. The topological polar surface area (TPSA) is 9.23 Å². The predicted molar refractivity (Wildman–Crippen MR) is 72.1 cm³/mol. The third-order valence-electron chi connectivity index (χ3n) is 3.13. The molecule has 0 radical (unpaired) electrons. The molecule has 2 aromatic rings. The van der Waals surface area contributed by atoms with Crippen LogP contribution in [0.1, 0.15) is 27.1 Å². The molecule has 0 amide bonds. The highest BCUT2D eigenvalue weighted by molar-refractivity contribution is 9.09. The van der Waals surface area contributed by atoms with Gasteiger partial charge in [-0.25, -0.2) is 0 Å². The summed E-state index contributed by atoms with van der Waals surface area (Å²) in [5.74, 6) is 0. The number of rotatable bonds is 2. The highest BCUT2D eigenvalue weighted by Crippen LogP contribution is 2.33. The molecule has 0 N–H and O–H groups in total. The highest BCUT2D eigenvalue weighted by atomic mass is 79.9. The zero-order valence-electron chi connectivity index (χ0n) is 9.40. The van der Waals surface area contributed by atoms with Crippen molar-refractivity contribution in [2.24, 2.45) is 0 Å². The van der Waals surface area contributed by atoms with Crippen LogP contribution in [0.25, 0.3) is 0 Å². The van der Waals surface area contributed by atoms with Gasteiger partial charge in [-0.15, -0.1) is 0 Å². The Morgan fingerprint density at radius 3 is 2.47 bits per heavy atom. The number of hydrogen-bond acceptors (Lipinski definition) is 1. The number of hydrogen-bond donors (Lipinski definition) is 0. The minimum Gasteiger partial charge on any atom is -0.372 e. The first-order chi connectivity index (χ1) is 8.34. The van der Waals surface area contributed by atoms with Crippen molar-refractivity contribution in [3.63, 3.8) is 0 Å². The van der Waals surface area contributed by atoms with E-state index in [4.69, 9.17) is 4.74 Å². The second kappa shape index (κ2) is 4.63. The van der Waals surface area contributed by atoms with Crippen LogP contribution in [0.3, 0.4) is 0 Å². The van der Waals surface area contributed by atoms with E-state index >= 15 is 0 Å². The number of halogens is 1. The molecule has 2 heteroatoms. The van der Waals surface area contributed by atoms with Crippen LogP contribution in [-0.2, 0) is 18.0 Å². The molecule has 0 aromatic heterocycles. The van der Waals surface area contributed by atoms with Crippen LogP contribution in [-0.4, -0.2) is 0 Å². The van der Waals surface area contributed by atoms with Gasteiger partial charge in [0, 0.05) is 0 Å². The van der Waals surface area contributed by atoms with Gasteiger partial charge in [0.05, 0.1) is 18.0 Å². The van der Waals surface area contributed by atoms with Crippen molar-refractivity contribution in [1.29, 1.82) is 0 Å². The van der Waals surface area contributed by atoms with Gasteiger partial charge in [0.2, 0.25) is 0 Å². The third-order valence-corrected chi connectivity index (χ3v) is 4.19. The van der Waals surface area contributed by atoms with Crippen LogP contribution in [0.5, 0.6) is 0 Å². The lowest BCUT2D eigenvalue weighted by atomic mass is 10.0. The van der Waals surface area contributed by atoms with E-state index in [2.05, 4.69) is 58.4 Å². The van der Waals surface area contributed by atoms with E-state index in [1.807, 2.05) is 6.07 Å². The van der Waals surface area contributed by atoms with Gasteiger partial charge in [-0.3, -0.25) is 0 Å². The fourth-order valence-corrected chi connectivity index (χ4v) is 2.75. The normalized spacial score (nSPS) is 15.6. The first-order valence-corrected chi connectivity index (χ1v) is 6.64. The van der Waals surface area contributed by atoms with Crippen molar-refractivity contribution in [2.75, 3.05) is 0 Å². The summed E-state index contributed by atoms with van der Waals surface area (Å²) in [4.78, 5) is 0.259. The molecular formula is C15H13BrO. The smallest absolute Gasteiger partial charge is 0.0725 e. The molecule has 0 aliphatic carbocycles. The minimum atomic E-state index is 0.259. The summed E-state index contributed by atoms with van der Waals surface area (Å²) in [6.07, 6.45) is 0. The van der Waals surface area contributed by atoms with E-state index in [0.29, 0.717) is 0 Å². The van der Waals surface area contributed by atoms with Gasteiger partial charge in [0.1, 0.15) is 0 Å². The average molecular weight is 289 g/mol. The molecule has 17 heavy (non-hydrogen) atoms. The van der Waals surface area contributed by atoms with Gasteiger partial charge in [-0.2, -0.15) is 0 Å². The molecule has 3 rings (SSSR count). The molecule has 1 aliphatic heterocycles. The largest absolute Gasteiger partial charge is 0.372 e. The van der Waals surface area contributed by atoms with Gasteiger partial charge in [0.15, 0.2) is 0 Å². The van der Waals surface area contributed by atoms with Crippen LogP contribution >= 0.6 is 15.9 Å². The van der Waals surface area contributed by atoms with Crippen LogP contribution in [0, 0.1) is 0 Å². The van der Waals surface area contributed by atoms with E-state index in [0.717, 1.165) is 13.2 Å². The van der Waals surface area contributed by atoms with Crippen molar-refractivity contribution >= 4 is 15.9 Å². The molecule has 86 valence electrons. The van der Waals surface area contributed by atoms with E-state index < -0.39 is 0 Å². The molecular weight excluding hydrogens is 276 g/mol. The monoisotopic (exact) mass is 288 g/mol. The summed E-state index contributed by atoms with van der Waals surface area (Å²) in [6.45, 7) is 1.51. The quantitative estimate of drug-likeness (QED) is 0.753. The van der Waals surface area contributed by atoms with E-state index in [-0.39, 0.29) is 4.83 Å². The number of benzene rings is 2. The SMILES string of the molecule is BrC(c1ccccc1)c1ccc2c(c1)COC2. The van der Waals surface area contributed by atoms with Crippen LogP contribution in [0.15, 0.2) is 48.5 Å². The first-order valence-electron chi connectivity index (χ1n) is 5.73. The van der Waals surface area contributed by atoms with Gasteiger partial charge in [-0.05, 0) is 22.3 Å². The summed E-state index contributed by atoms with van der Waals surface area (Å²) in [6, 6.07) is 17.1. The summed E-state index contributed by atoms with van der Waals surface area (Å²) >= 11 is 3.76.